The number of aromatic nitrogens is 1. The van der Waals surface area contributed by atoms with Crippen LogP contribution in [-0.2, 0) is 14.6 Å². The van der Waals surface area contributed by atoms with E-state index in [1.807, 2.05) is 0 Å². The number of carbonyl (C=O) groups is 1. The number of rotatable bonds is 5. The van der Waals surface area contributed by atoms with E-state index in [2.05, 4.69) is 10.3 Å². The van der Waals surface area contributed by atoms with Gasteiger partial charge in [-0.25, -0.2) is 17.2 Å². The highest BCUT2D eigenvalue weighted by Gasteiger charge is 2.39. The SMILES string of the molecule is COC1(CNC(=O)c2cc(C(F)F)ccn2)CCCS(=O)(=O)C1. The van der Waals surface area contributed by atoms with Crippen LogP contribution in [0.5, 0.6) is 0 Å². The highest BCUT2D eigenvalue weighted by Crippen LogP contribution is 2.26. The number of nitrogens with one attached hydrogen (secondary N) is 1. The first-order valence-corrected chi connectivity index (χ1v) is 8.87. The van der Waals surface area contributed by atoms with Gasteiger partial charge in [0.15, 0.2) is 9.84 Å². The Hall–Kier alpha value is -1.61. The molecule has 0 bridgehead atoms. The predicted molar refractivity (Wildman–Crippen MR) is 79.2 cm³/mol. The van der Waals surface area contributed by atoms with Gasteiger partial charge in [0.2, 0.25) is 0 Å². The van der Waals surface area contributed by atoms with E-state index in [1.165, 1.54) is 7.11 Å². The van der Waals surface area contributed by atoms with Crippen molar-refractivity contribution < 1.29 is 26.7 Å². The fourth-order valence-electron chi connectivity index (χ4n) is 2.57. The van der Waals surface area contributed by atoms with Crippen LogP contribution in [0.25, 0.3) is 0 Å². The first kappa shape index (κ1) is 17.7. The Bertz CT molecular complexity index is 681. The summed E-state index contributed by atoms with van der Waals surface area (Å²) in [6, 6.07) is 2.14. The summed E-state index contributed by atoms with van der Waals surface area (Å²) in [7, 11) is -1.83. The first-order valence-electron chi connectivity index (χ1n) is 7.05. The van der Waals surface area contributed by atoms with Crippen molar-refractivity contribution in [3.05, 3.63) is 29.6 Å². The van der Waals surface area contributed by atoms with E-state index in [4.69, 9.17) is 4.74 Å². The third-order valence-corrected chi connectivity index (χ3v) is 5.72. The van der Waals surface area contributed by atoms with E-state index in [9.17, 15) is 22.0 Å². The fourth-order valence-corrected chi connectivity index (χ4v) is 4.46. The van der Waals surface area contributed by atoms with Crippen molar-refractivity contribution in [2.24, 2.45) is 0 Å². The number of nitrogens with zero attached hydrogens (tertiary/aromatic N) is 1. The monoisotopic (exact) mass is 348 g/mol. The second-order valence-corrected chi connectivity index (χ2v) is 7.72. The average molecular weight is 348 g/mol. The molecule has 1 saturated heterocycles. The molecular formula is C14H18F2N2O4S. The van der Waals surface area contributed by atoms with Crippen LogP contribution in [0.2, 0.25) is 0 Å². The van der Waals surface area contributed by atoms with E-state index in [-0.39, 0.29) is 29.3 Å². The minimum Gasteiger partial charge on any atom is -0.375 e. The quantitative estimate of drug-likeness (QED) is 0.868. The molecule has 1 unspecified atom stereocenters. The Morgan fingerprint density at radius 1 is 1.52 bits per heavy atom. The molecule has 1 fully saturated rings. The van der Waals surface area contributed by atoms with Gasteiger partial charge >= 0.3 is 0 Å². The number of halogens is 2. The Labute approximate surface area is 133 Å². The molecule has 1 aliphatic heterocycles. The van der Waals surface area contributed by atoms with Gasteiger partial charge in [0.1, 0.15) is 5.69 Å². The zero-order valence-corrected chi connectivity index (χ0v) is 13.4. The van der Waals surface area contributed by atoms with E-state index >= 15 is 0 Å². The molecular weight excluding hydrogens is 330 g/mol. The maximum Gasteiger partial charge on any atom is 0.269 e. The maximum absolute atomic E-state index is 12.6. The summed E-state index contributed by atoms with van der Waals surface area (Å²) >= 11 is 0. The van der Waals surface area contributed by atoms with E-state index in [1.54, 1.807) is 0 Å². The van der Waals surface area contributed by atoms with Crippen molar-refractivity contribution in [3.8, 4) is 0 Å². The number of ether oxygens (including phenoxy) is 1. The van der Waals surface area contributed by atoms with Crippen molar-refractivity contribution in [2.75, 3.05) is 25.2 Å². The highest BCUT2D eigenvalue weighted by atomic mass is 32.2. The number of methoxy groups -OCH3 is 1. The fraction of sp³-hybridized carbons (Fsp3) is 0.571. The molecule has 0 radical (unpaired) electrons. The number of hydrogen-bond donors (Lipinski definition) is 1. The number of pyridine rings is 1. The Balaban J connectivity index is 2.07. The molecule has 1 aliphatic rings. The third kappa shape index (κ3) is 4.44. The van der Waals surface area contributed by atoms with Crippen LogP contribution in [0, 0.1) is 0 Å². The highest BCUT2D eigenvalue weighted by molar-refractivity contribution is 7.91. The zero-order chi connectivity index (χ0) is 17.1. The van der Waals surface area contributed by atoms with Crippen LogP contribution < -0.4 is 5.32 Å². The lowest BCUT2D eigenvalue weighted by Crippen LogP contribution is -2.52. The van der Waals surface area contributed by atoms with Crippen LogP contribution >= 0.6 is 0 Å². The maximum atomic E-state index is 12.6. The number of carbonyl (C=O) groups excluding carboxylic acids is 1. The molecule has 6 nitrogen and oxygen atoms in total. The Morgan fingerprint density at radius 3 is 2.87 bits per heavy atom. The average Bonchev–Trinajstić information content (AvgIpc) is 2.51. The second-order valence-electron chi connectivity index (χ2n) is 5.54. The lowest BCUT2D eigenvalue weighted by molar-refractivity contribution is -0.000152. The van der Waals surface area contributed by atoms with Gasteiger partial charge in [0, 0.05) is 25.4 Å². The Morgan fingerprint density at radius 2 is 2.26 bits per heavy atom. The van der Waals surface area contributed by atoms with E-state index < -0.39 is 27.8 Å². The van der Waals surface area contributed by atoms with Crippen molar-refractivity contribution in [3.63, 3.8) is 0 Å². The smallest absolute Gasteiger partial charge is 0.269 e. The molecule has 1 atom stereocenters. The molecule has 0 aromatic carbocycles. The molecule has 1 aromatic heterocycles. The molecule has 0 aliphatic carbocycles. The minimum atomic E-state index is -3.22. The third-order valence-electron chi connectivity index (χ3n) is 3.84. The lowest BCUT2D eigenvalue weighted by Gasteiger charge is -2.35. The number of amides is 1. The standard InChI is InChI=1S/C14H18F2N2O4S/c1-22-14(4-2-6-23(20,21)9-14)8-18-13(19)11-7-10(12(15)16)3-5-17-11/h3,5,7,12H,2,4,6,8-9H2,1H3,(H,18,19). The summed E-state index contributed by atoms with van der Waals surface area (Å²) in [6.07, 6.45) is -0.620. The predicted octanol–water partition coefficient (Wildman–Crippen LogP) is 1.34. The number of sulfone groups is 1. The molecule has 128 valence electrons. The van der Waals surface area contributed by atoms with Gasteiger partial charge in [-0.1, -0.05) is 0 Å². The molecule has 9 heteroatoms. The van der Waals surface area contributed by atoms with Crippen molar-refractivity contribution in [2.45, 2.75) is 24.9 Å². The summed E-state index contributed by atoms with van der Waals surface area (Å²) < 4.78 is 54.2. The molecule has 2 rings (SSSR count). The Kier molecular flexibility index (Phi) is 5.30. The zero-order valence-electron chi connectivity index (χ0n) is 12.6. The van der Waals surface area contributed by atoms with Crippen LogP contribution in [0.1, 0.15) is 35.3 Å². The number of hydrogen-bond acceptors (Lipinski definition) is 5. The van der Waals surface area contributed by atoms with Crippen LogP contribution in [0.3, 0.4) is 0 Å². The van der Waals surface area contributed by atoms with Crippen molar-refractivity contribution in [1.82, 2.24) is 10.3 Å². The first-order chi connectivity index (χ1) is 10.8. The van der Waals surface area contributed by atoms with Crippen molar-refractivity contribution in [1.29, 1.82) is 0 Å². The van der Waals surface area contributed by atoms with Gasteiger partial charge in [-0.05, 0) is 25.0 Å². The number of alkyl halides is 2. The molecule has 23 heavy (non-hydrogen) atoms. The van der Waals surface area contributed by atoms with Gasteiger partial charge in [-0.3, -0.25) is 9.78 Å². The van der Waals surface area contributed by atoms with Crippen LogP contribution in [-0.4, -0.2) is 50.1 Å². The van der Waals surface area contributed by atoms with Gasteiger partial charge < -0.3 is 10.1 Å². The largest absolute Gasteiger partial charge is 0.375 e. The second kappa shape index (κ2) is 6.88. The van der Waals surface area contributed by atoms with Crippen molar-refractivity contribution >= 4 is 15.7 Å². The minimum absolute atomic E-state index is 0.0256. The summed E-state index contributed by atoms with van der Waals surface area (Å²) in [5.41, 5.74) is -1.44. The summed E-state index contributed by atoms with van der Waals surface area (Å²) in [5, 5.41) is 2.53. The molecule has 0 saturated carbocycles. The van der Waals surface area contributed by atoms with Crippen LogP contribution in [0.15, 0.2) is 18.3 Å². The lowest BCUT2D eigenvalue weighted by atomic mass is 9.99. The van der Waals surface area contributed by atoms with Crippen LogP contribution in [0.4, 0.5) is 8.78 Å². The summed E-state index contributed by atoms with van der Waals surface area (Å²) in [6.45, 7) is -0.0256. The molecule has 0 spiro atoms. The summed E-state index contributed by atoms with van der Waals surface area (Å²) in [4.78, 5) is 15.8. The van der Waals surface area contributed by atoms with E-state index in [0.29, 0.717) is 12.8 Å². The van der Waals surface area contributed by atoms with Gasteiger partial charge in [0.25, 0.3) is 12.3 Å². The topological polar surface area (TPSA) is 85.4 Å². The molecule has 2 heterocycles. The molecule has 1 amide bonds. The van der Waals surface area contributed by atoms with Gasteiger partial charge in [-0.2, -0.15) is 0 Å². The summed E-state index contributed by atoms with van der Waals surface area (Å²) in [5.74, 6) is -0.724. The van der Waals surface area contributed by atoms with E-state index in [0.717, 1.165) is 18.3 Å². The molecule has 1 N–H and O–H groups in total. The van der Waals surface area contributed by atoms with Gasteiger partial charge in [0.05, 0.1) is 17.1 Å². The molecule has 1 aromatic rings. The normalized spacial score (nSPS) is 23.7. The van der Waals surface area contributed by atoms with Gasteiger partial charge in [-0.15, -0.1) is 0 Å².